The van der Waals surface area contributed by atoms with Crippen molar-refractivity contribution in [3.63, 3.8) is 0 Å². The number of hydrogen-bond acceptors (Lipinski definition) is 0. The van der Waals surface area contributed by atoms with Crippen LogP contribution in [0.2, 0.25) is 0 Å². The minimum atomic E-state index is 0. The van der Waals surface area contributed by atoms with Crippen molar-refractivity contribution in [2.24, 2.45) is 0 Å². The second-order valence-corrected chi connectivity index (χ2v) is 11.0. The summed E-state index contributed by atoms with van der Waals surface area (Å²) < 4.78 is 0. The molecule has 1 heteroatoms. The number of aryl methyl sites for hydroxylation is 6. The number of benzene rings is 2. The van der Waals surface area contributed by atoms with Gasteiger partial charge in [0, 0.05) is 31.8 Å². The van der Waals surface area contributed by atoms with Gasteiger partial charge in [-0.1, -0.05) is 109 Å². The first-order chi connectivity index (χ1) is 17.6. The van der Waals surface area contributed by atoms with Crippen LogP contribution in [0.5, 0.6) is 0 Å². The number of hydrogen-bond donors (Lipinski definition) is 0. The van der Waals surface area contributed by atoms with Crippen molar-refractivity contribution in [1.29, 1.82) is 0 Å². The van der Waals surface area contributed by atoms with Gasteiger partial charge in [-0.15, -0.1) is 33.5 Å². The second-order valence-electron chi connectivity index (χ2n) is 11.0. The molecule has 0 spiro atoms. The average molecular weight is 660 g/mol. The average Bonchev–Trinajstić information content (AvgIpc) is 3.46. The molecule has 0 radical (unpaired) electrons. The van der Waals surface area contributed by atoms with Gasteiger partial charge in [-0.05, 0) is 67.2 Å². The van der Waals surface area contributed by atoms with Crippen molar-refractivity contribution in [2.45, 2.75) is 125 Å². The maximum Gasteiger partial charge on any atom is 0.00560 e. The molecule has 0 aliphatic heterocycles. The van der Waals surface area contributed by atoms with Gasteiger partial charge in [-0.2, -0.15) is 6.07 Å². The maximum absolute atomic E-state index is 2.61. The molecule has 0 saturated carbocycles. The van der Waals surface area contributed by atoms with Crippen molar-refractivity contribution in [3.05, 3.63) is 80.4 Å². The Morgan fingerprint density at radius 3 is 1.95 bits per heavy atom. The van der Waals surface area contributed by atoms with Crippen LogP contribution in [0.25, 0.3) is 16.8 Å². The number of fused-ring (bicyclic) bond motifs is 2. The Labute approximate surface area is 246 Å². The zero-order valence-electron chi connectivity index (χ0n) is 24.5. The monoisotopic (exact) mass is 661 g/mol. The first-order valence-corrected chi connectivity index (χ1v) is 15.2. The standard InChI is InChI=1S/C36H49.Hf/c1-7-13-15-29-23-33-25(9-3)17-19-27(11-5)35(33)31(29)21-22-32-30(16-14-8-2)24-34-26(10-4)18-20-28(12-6)36(32)34;/h17-20,23-24,31H,7-16,21-22H2,1-6H3;/q-1;. The van der Waals surface area contributed by atoms with Crippen molar-refractivity contribution in [3.8, 4) is 0 Å². The molecule has 0 aromatic heterocycles. The number of rotatable bonds is 13. The SMILES string of the molecule is CCCCC1=Cc2c(CC)ccc(CC)c2C1CC[c-]1c(CCCC)cc2c(CC)ccc(CC)c21.[Hf]. The van der Waals surface area contributed by atoms with E-state index in [2.05, 4.69) is 78.0 Å². The molecule has 0 N–H and O–H groups in total. The summed E-state index contributed by atoms with van der Waals surface area (Å²) in [6, 6.07) is 12.2. The van der Waals surface area contributed by atoms with E-state index in [9.17, 15) is 0 Å². The Morgan fingerprint density at radius 1 is 0.703 bits per heavy atom. The second kappa shape index (κ2) is 14.2. The van der Waals surface area contributed by atoms with E-state index in [1.165, 1.54) is 56.9 Å². The summed E-state index contributed by atoms with van der Waals surface area (Å²) >= 11 is 0. The van der Waals surface area contributed by atoms with E-state index in [0.717, 1.165) is 25.7 Å². The van der Waals surface area contributed by atoms with E-state index in [1.807, 2.05) is 0 Å². The topological polar surface area (TPSA) is 0 Å². The number of unbranched alkanes of at least 4 members (excludes halogenated alkanes) is 2. The van der Waals surface area contributed by atoms with Crippen LogP contribution < -0.4 is 0 Å². The predicted octanol–water partition coefficient (Wildman–Crippen LogP) is 10.5. The van der Waals surface area contributed by atoms with E-state index in [0.29, 0.717) is 5.92 Å². The summed E-state index contributed by atoms with van der Waals surface area (Å²) in [5, 5.41) is 3.16. The van der Waals surface area contributed by atoms with Crippen molar-refractivity contribution in [1.82, 2.24) is 0 Å². The first kappa shape index (κ1) is 30.2. The van der Waals surface area contributed by atoms with Crippen molar-refractivity contribution < 1.29 is 25.8 Å². The predicted molar refractivity (Wildman–Crippen MR) is 161 cm³/mol. The van der Waals surface area contributed by atoms with E-state index in [-0.39, 0.29) is 25.8 Å². The zero-order chi connectivity index (χ0) is 25.7. The van der Waals surface area contributed by atoms with Crippen molar-refractivity contribution in [2.75, 3.05) is 0 Å². The van der Waals surface area contributed by atoms with Crippen LogP contribution in [0.3, 0.4) is 0 Å². The molecule has 4 rings (SSSR count). The van der Waals surface area contributed by atoms with Gasteiger partial charge in [-0.3, -0.25) is 0 Å². The molecule has 0 amide bonds. The fourth-order valence-electron chi connectivity index (χ4n) is 6.77. The van der Waals surface area contributed by atoms with Gasteiger partial charge < -0.3 is 0 Å². The summed E-state index contributed by atoms with van der Waals surface area (Å²) in [7, 11) is 0. The minimum absolute atomic E-state index is 0. The Bertz CT molecular complexity index is 1210. The molecule has 0 nitrogen and oxygen atoms in total. The van der Waals surface area contributed by atoms with Crippen LogP contribution in [-0.4, -0.2) is 0 Å². The van der Waals surface area contributed by atoms with Crippen LogP contribution >= 0.6 is 0 Å². The van der Waals surface area contributed by atoms with Gasteiger partial charge in [-0.25, -0.2) is 0 Å². The molecule has 0 fully saturated rings. The van der Waals surface area contributed by atoms with E-state index < -0.39 is 0 Å². The van der Waals surface area contributed by atoms with Gasteiger partial charge in [0.05, 0.1) is 0 Å². The molecule has 1 aliphatic carbocycles. The molecule has 1 aliphatic rings. The van der Waals surface area contributed by atoms with Crippen molar-refractivity contribution >= 4 is 16.8 Å². The summed E-state index contributed by atoms with van der Waals surface area (Å²) in [4.78, 5) is 0. The Morgan fingerprint density at radius 2 is 1.30 bits per heavy atom. The van der Waals surface area contributed by atoms with E-state index in [4.69, 9.17) is 0 Å². The van der Waals surface area contributed by atoms with Gasteiger partial charge in [0.1, 0.15) is 0 Å². The fraction of sp³-hybridized carbons (Fsp3) is 0.528. The minimum Gasteiger partial charge on any atom is -0.164 e. The number of allylic oxidation sites excluding steroid dienone is 1. The van der Waals surface area contributed by atoms with E-state index in [1.54, 1.807) is 55.3 Å². The van der Waals surface area contributed by atoms with Crippen LogP contribution in [0.4, 0.5) is 0 Å². The summed E-state index contributed by atoms with van der Waals surface area (Å²) in [5.74, 6) is 0.594. The molecule has 1 atom stereocenters. The molecule has 37 heavy (non-hydrogen) atoms. The molecule has 0 saturated heterocycles. The Kier molecular flexibility index (Phi) is 11.6. The zero-order valence-corrected chi connectivity index (χ0v) is 28.1. The van der Waals surface area contributed by atoms with Crippen LogP contribution in [0.1, 0.15) is 130 Å². The largest absolute Gasteiger partial charge is 0.164 e. The molecule has 0 heterocycles. The van der Waals surface area contributed by atoms with E-state index >= 15 is 0 Å². The normalized spacial score (nSPS) is 14.6. The third kappa shape index (κ3) is 6.13. The van der Waals surface area contributed by atoms with Gasteiger partial charge in [0.2, 0.25) is 0 Å². The quantitative estimate of drug-likeness (QED) is 0.127. The summed E-state index contributed by atoms with van der Waals surface area (Å²) in [6.07, 6.45) is 17.2. The molecule has 3 aromatic rings. The van der Waals surface area contributed by atoms with Crippen LogP contribution in [0, 0.1) is 0 Å². The van der Waals surface area contributed by atoms with Gasteiger partial charge in [0.15, 0.2) is 0 Å². The molecule has 198 valence electrons. The third-order valence-electron chi connectivity index (χ3n) is 8.85. The summed E-state index contributed by atoms with van der Waals surface area (Å²) in [5.41, 5.74) is 14.5. The van der Waals surface area contributed by atoms with Gasteiger partial charge in [0.25, 0.3) is 0 Å². The molecule has 1 unspecified atom stereocenters. The van der Waals surface area contributed by atoms with Crippen LogP contribution in [0.15, 0.2) is 35.9 Å². The van der Waals surface area contributed by atoms with Gasteiger partial charge >= 0.3 is 0 Å². The Balaban J connectivity index is 0.00000380. The Hall–Kier alpha value is -1.34. The smallest absolute Gasteiger partial charge is 0.00560 e. The molecule has 3 aromatic carbocycles. The molecule has 0 bridgehead atoms. The first-order valence-electron chi connectivity index (χ1n) is 15.2. The molecular formula is C36H49Hf-. The summed E-state index contributed by atoms with van der Waals surface area (Å²) in [6.45, 7) is 14.0. The fourth-order valence-corrected chi connectivity index (χ4v) is 6.77. The molecular weight excluding hydrogens is 611 g/mol. The maximum atomic E-state index is 2.61. The third-order valence-corrected chi connectivity index (χ3v) is 8.85. The van der Waals surface area contributed by atoms with Crippen LogP contribution in [-0.2, 0) is 64.4 Å².